The highest BCUT2D eigenvalue weighted by molar-refractivity contribution is 5.41. The molecule has 4 heteroatoms. The third-order valence-corrected chi connectivity index (χ3v) is 3.56. The first-order valence-electron chi connectivity index (χ1n) is 6.35. The number of methoxy groups -OCH3 is 2. The number of ether oxygens (including phenoxy) is 2. The van der Waals surface area contributed by atoms with Crippen LogP contribution in [-0.2, 0) is 11.3 Å². The Labute approximate surface area is 108 Å². The molecule has 1 aromatic carbocycles. The summed E-state index contributed by atoms with van der Waals surface area (Å²) in [5.74, 6) is 0.706. The molecule has 0 radical (unpaired) electrons. The Hall–Kier alpha value is -1.26. The molecule has 4 nitrogen and oxygen atoms in total. The van der Waals surface area contributed by atoms with Crippen molar-refractivity contribution in [2.24, 2.45) is 0 Å². The van der Waals surface area contributed by atoms with Crippen LogP contribution in [0.2, 0.25) is 0 Å². The van der Waals surface area contributed by atoms with E-state index < -0.39 is 0 Å². The maximum absolute atomic E-state index is 9.52. The van der Waals surface area contributed by atoms with Crippen molar-refractivity contribution >= 4 is 0 Å². The summed E-state index contributed by atoms with van der Waals surface area (Å²) in [7, 11) is 3.34. The van der Waals surface area contributed by atoms with Crippen molar-refractivity contribution in [3.8, 4) is 11.5 Å². The number of hydrogen-bond acceptors (Lipinski definition) is 4. The van der Waals surface area contributed by atoms with E-state index in [4.69, 9.17) is 9.47 Å². The minimum atomic E-state index is 0.182. The quantitative estimate of drug-likeness (QED) is 0.841. The second-order valence-corrected chi connectivity index (χ2v) is 4.75. The first-order valence-corrected chi connectivity index (χ1v) is 6.35. The van der Waals surface area contributed by atoms with Crippen molar-refractivity contribution in [2.45, 2.75) is 38.0 Å². The number of nitrogens with one attached hydrogen (secondary N) is 1. The third kappa shape index (κ3) is 3.15. The first kappa shape index (κ1) is 13.2. The Morgan fingerprint density at radius 2 is 2.17 bits per heavy atom. The van der Waals surface area contributed by atoms with Gasteiger partial charge in [0.2, 0.25) is 0 Å². The van der Waals surface area contributed by atoms with Gasteiger partial charge in [0.1, 0.15) is 0 Å². The summed E-state index contributed by atoms with van der Waals surface area (Å²) in [4.78, 5) is 0. The molecular formula is C14H21NO3. The van der Waals surface area contributed by atoms with Crippen LogP contribution in [0.4, 0.5) is 0 Å². The highest BCUT2D eigenvalue weighted by Crippen LogP contribution is 2.27. The van der Waals surface area contributed by atoms with Crippen LogP contribution in [0, 0.1) is 0 Å². The number of phenols is 1. The fourth-order valence-corrected chi connectivity index (χ4v) is 2.43. The highest BCUT2D eigenvalue weighted by atomic mass is 16.5. The van der Waals surface area contributed by atoms with Crippen LogP contribution >= 0.6 is 0 Å². The predicted molar refractivity (Wildman–Crippen MR) is 69.9 cm³/mol. The minimum absolute atomic E-state index is 0.182. The Morgan fingerprint density at radius 1 is 1.33 bits per heavy atom. The van der Waals surface area contributed by atoms with E-state index in [9.17, 15) is 5.11 Å². The lowest BCUT2D eigenvalue weighted by molar-refractivity contribution is 0.107. The molecule has 0 aliphatic heterocycles. The SMILES string of the molecule is COc1cc(CNC2CCC(OC)C2)ccc1O. The number of hydrogen-bond donors (Lipinski definition) is 2. The van der Waals surface area contributed by atoms with E-state index in [1.807, 2.05) is 12.1 Å². The molecule has 1 saturated carbocycles. The number of rotatable bonds is 5. The van der Waals surface area contributed by atoms with Crippen LogP contribution in [0.3, 0.4) is 0 Å². The second kappa shape index (κ2) is 6.07. The molecule has 2 unspecified atom stereocenters. The molecule has 0 amide bonds. The van der Waals surface area contributed by atoms with Gasteiger partial charge in [0, 0.05) is 19.7 Å². The van der Waals surface area contributed by atoms with Crippen molar-refractivity contribution in [1.82, 2.24) is 5.32 Å². The van der Waals surface area contributed by atoms with E-state index in [0.717, 1.165) is 31.4 Å². The molecule has 0 aromatic heterocycles. The highest BCUT2D eigenvalue weighted by Gasteiger charge is 2.23. The van der Waals surface area contributed by atoms with Gasteiger partial charge in [0.25, 0.3) is 0 Å². The van der Waals surface area contributed by atoms with E-state index in [2.05, 4.69) is 5.32 Å². The lowest BCUT2D eigenvalue weighted by Crippen LogP contribution is -2.26. The summed E-state index contributed by atoms with van der Waals surface area (Å²) in [5, 5.41) is 13.0. The molecule has 0 heterocycles. The average Bonchev–Trinajstić information content (AvgIpc) is 2.86. The number of phenolic OH excluding ortho intramolecular Hbond substituents is 1. The Balaban J connectivity index is 1.87. The molecule has 100 valence electrons. The van der Waals surface area contributed by atoms with Crippen molar-refractivity contribution in [3.05, 3.63) is 23.8 Å². The van der Waals surface area contributed by atoms with Gasteiger partial charge in [-0.25, -0.2) is 0 Å². The fraction of sp³-hybridized carbons (Fsp3) is 0.571. The largest absolute Gasteiger partial charge is 0.504 e. The summed E-state index contributed by atoms with van der Waals surface area (Å²) in [5.41, 5.74) is 1.12. The van der Waals surface area contributed by atoms with E-state index >= 15 is 0 Å². The van der Waals surface area contributed by atoms with Crippen molar-refractivity contribution in [2.75, 3.05) is 14.2 Å². The van der Waals surface area contributed by atoms with Crippen molar-refractivity contribution in [3.63, 3.8) is 0 Å². The summed E-state index contributed by atoms with van der Waals surface area (Å²) < 4.78 is 10.4. The van der Waals surface area contributed by atoms with Gasteiger partial charge in [-0.3, -0.25) is 0 Å². The van der Waals surface area contributed by atoms with Gasteiger partial charge >= 0.3 is 0 Å². The van der Waals surface area contributed by atoms with Gasteiger partial charge in [-0.2, -0.15) is 0 Å². The maximum atomic E-state index is 9.52. The molecule has 0 bridgehead atoms. The molecule has 1 aliphatic rings. The van der Waals surface area contributed by atoms with Crippen LogP contribution in [0.5, 0.6) is 11.5 Å². The van der Waals surface area contributed by atoms with Gasteiger partial charge in [-0.15, -0.1) is 0 Å². The molecule has 0 spiro atoms. The zero-order valence-corrected chi connectivity index (χ0v) is 11.0. The Bertz CT molecular complexity index is 395. The van der Waals surface area contributed by atoms with Crippen molar-refractivity contribution in [1.29, 1.82) is 0 Å². The lowest BCUT2D eigenvalue weighted by atomic mass is 10.1. The van der Waals surface area contributed by atoms with Crippen LogP contribution < -0.4 is 10.1 Å². The van der Waals surface area contributed by atoms with E-state index in [1.54, 1.807) is 20.3 Å². The van der Waals surface area contributed by atoms with Crippen LogP contribution in [0.15, 0.2) is 18.2 Å². The Kier molecular flexibility index (Phi) is 4.44. The average molecular weight is 251 g/mol. The monoisotopic (exact) mass is 251 g/mol. The summed E-state index contributed by atoms with van der Waals surface area (Å²) in [6.07, 6.45) is 3.77. The summed E-state index contributed by atoms with van der Waals surface area (Å²) in [6.45, 7) is 0.789. The van der Waals surface area contributed by atoms with Crippen LogP contribution in [0.1, 0.15) is 24.8 Å². The molecule has 1 aromatic rings. The molecule has 2 rings (SSSR count). The predicted octanol–water partition coefficient (Wildman–Crippen LogP) is 2.06. The molecule has 18 heavy (non-hydrogen) atoms. The van der Waals surface area contributed by atoms with Gasteiger partial charge in [0.05, 0.1) is 13.2 Å². The van der Waals surface area contributed by atoms with Gasteiger partial charge < -0.3 is 19.9 Å². The van der Waals surface area contributed by atoms with Gasteiger partial charge in [-0.1, -0.05) is 6.07 Å². The standard InChI is InChI=1S/C14H21NO3/c1-17-12-5-4-11(8-12)15-9-10-3-6-13(16)14(7-10)18-2/h3,6-7,11-12,15-16H,4-5,8-9H2,1-2H3. The molecule has 1 fully saturated rings. The molecule has 1 aliphatic carbocycles. The maximum Gasteiger partial charge on any atom is 0.160 e. The summed E-state index contributed by atoms with van der Waals surface area (Å²) in [6, 6.07) is 5.97. The van der Waals surface area contributed by atoms with Crippen LogP contribution in [0.25, 0.3) is 0 Å². The fourth-order valence-electron chi connectivity index (χ4n) is 2.43. The normalized spacial score (nSPS) is 23.2. The first-order chi connectivity index (χ1) is 8.72. The van der Waals surface area contributed by atoms with Crippen LogP contribution in [-0.4, -0.2) is 31.5 Å². The second-order valence-electron chi connectivity index (χ2n) is 4.75. The molecule has 2 atom stereocenters. The lowest BCUT2D eigenvalue weighted by Gasteiger charge is -2.13. The topological polar surface area (TPSA) is 50.7 Å². The van der Waals surface area contributed by atoms with E-state index in [-0.39, 0.29) is 5.75 Å². The molecule has 0 saturated heterocycles. The zero-order valence-electron chi connectivity index (χ0n) is 11.0. The number of benzene rings is 1. The van der Waals surface area contributed by atoms with Gasteiger partial charge in [0.15, 0.2) is 11.5 Å². The van der Waals surface area contributed by atoms with E-state index in [0.29, 0.717) is 17.9 Å². The van der Waals surface area contributed by atoms with Gasteiger partial charge in [-0.05, 0) is 37.0 Å². The smallest absolute Gasteiger partial charge is 0.160 e. The molecular weight excluding hydrogens is 230 g/mol. The van der Waals surface area contributed by atoms with E-state index in [1.165, 1.54) is 0 Å². The Morgan fingerprint density at radius 3 is 2.83 bits per heavy atom. The number of aromatic hydroxyl groups is 1. The minimum Gasteiger partial charge on any atom is -0.504 e. The molecule has 2 N–H and O–H groups in total. The third-order valence-electron chi connectivity index (χ3n) is 3.56. The summed E-state index contributed by atoms with van der Waals surface area (Å²) >= 11 is 0. The van der Waals surface area contributed by atoms with Crippen molar-refractivity contribution < 1.29 is 14.6 Å². The zero-order chi connectivity index (χ0) is 13.0.